The first kappa shape index (κ1) is 19.5. The molecule has 0 spiro atoms. The molecule has 3 rings (SSSR count). The fourth-order valence-electron chi connectivity index (χ4n) is 5.47. The van der Waals surface area contributed by atoms with Crippen LogP contribution in [0.15, 0.2) is 0 Å². The van der Waals surface area contributed by atoms with E-state index in [1.54, 1.807) is 0 Å². The molecule has 0 aromatic rings. The summed E-state index contributed by atoms with van der Waals surface area (Å²) >= 11 is 0. The fraction of sp³-hybridized carbons (Fsp3) is 1.00. The molecule has 146 valence electrons. The molecular formula is C20H33F3O2. The van der Waals surface area contributed by atoms with Crippen LogP contribution in [0.2, 0.25) is 0 Å². The average molecular weight is 362 g/mol. The highest BCUT2D eigenvalue weighted by Crippen LogP contribution is 2.44. The van der Waals surface area contributed by atoms with Crippen LogP contribution in [0, 0.1) is 17.8 Å². The summed E-state index contributed by atoms with van der Waals surface area (Å²) in [4.78, 5) is 0. The van der Waals surface area contributed by atoms with Gasteiger partial charge in [-0.2, -0.15) is 0 Å². The van der Waals surface area contributed by atoms with Crippen molar-refractivity contribution in [3.63, 3.8) is 0 Å². The highest BCUT2D eigenvalue weighted by molar-refractivity contribution is 4.87. The number of hydrogen-bond donors (Lipinski definition) is 0. The maximum absolute atomic E-state index is 12.3. The van der Waals surface area contributed by atoms with Crippen molar-refractivity contribution >= 4 is 0 Å². The van der Waals surface area contributed by atoms with Gasteiger partial charge in [-0.25, -0.2) is 0 Å². The Hall–Kier alpha value is -0.290. The van der Waals surface area contributed by atoms with Gasteiger partial charge in [0, 0.05) is 0 Å². The van der Waals surface area contributed by atoms with Gasteiger partial charge in [0.1, 0.15) is 0 Å². The second-order valence-electron chi connectivity index (χ2n) is 8.44. The molecule has 1 saturated heterocycles. The van der Waals surface area contributed by atoms with E-state index in [2.05, 4.69) is 11.7 Å². The normalized spacial score (nSPS) is 40.3. The van der Waals surface area contributed by atoms with E-state index in [1.165, 1.54) is 51.4 Å². The molecule has 0 N–H and O–H groups in total. The monoisotopic (exact) mass is 362 g/mol. The van der Waals surface area contributed by atoms with E-state index < -0.39 is 12.5 Å². The number of rotatable bonds is 5. The summed E-state index contributed by atoms with van der Waals surface area (Å²) in [7, 11) is 0. The maximum atomic E-state index is 12.3. The van der Waals surface area contributed by atoms with Crippen LogP contribution >= 0.6 is 0 Å². The third-order valence-electron chi connectivity index (χ3n) is 6.78. The molecule has 25 heavy (non-hydrogen) atoms. The Kier molecular flexibility index (Phi) is 6.70. The van der Waals surface area contributed by atoms with E-state index in [0.717, 1.165) is 12.8 Å². The minimum Gasteiger partial charge on any atom is -0.375 e. The van der Waals surface area contributed by atoms with Crippen molar-refractivity contribution in [1.82, 2.24) is 0 Å². The van der Waals surface area contributed by atoms with Gasteiger partial charge >= 0.3 is 6.36 Å². The zero-order valence-corrected chi connectivity index (χ0v) is 15.4. The lowest BCUT2D eigenvalue weighted by Crippen LogP contribution is -2.33. The molecule has 0 aromatic heterocycles. The van der Waals surface area contributed by atoms with Crippen molar-refractivity contribution in [3.8, 4) is 0 Å². The van der Waals surface area contributed by atoms with Crippen LogP contribution < -0.4 is 0 Å². The van der Waals surface area contributed by atoms with E-state index in [4.69, 9.17) is 4.74 Å². The summed E-state index contributed by atoms with van der Waals surface area (Å²) in [6.45, 7) is 2.22. The summed E-state index contributed by atoms with van der Waals surface area (Å²) in [6, 6.07) is 0. The Morgan fingerprint density at radius 3 is 1.92 bits per heavy atom. The molecule has 3 fully saturated rings. The van der Waals surface area contributed by atoms with Crippen molar-refractivity contribution in [2.75, 3.05) is 0 Å². The first-order chi connectivity index (χ1) is 11.9. The van der Waals surface area contributed by atoms with Crippen LogP contribution in [0.3, 0.4) is 0 Å². The summed E-state index contributed by atoms with van der Waals surface area (Å²) in [5, 5.41) is 0. The van der Waals surface area contributed by atoms with Crippen LogP contribution in [0.1, 0.15) is 84.0 Å². The molecule has 0 radical (unpaired) electrons. The molecule has 2 unspecified atom stereocenters. The minimum atomic E-state index is -4.48. The Balaban J connectivity index is 1.37. The lowest BCUT2D eigenvalue weighted by Gasteiger charge is -2.39. The second-order valence-corrected chi connectivity index (χ2v) is 8.44. The molecule has 2 atom stereocenters. The van der Waals surface area contributed by atoms with Gasteiger partial charge in [0.25, 0.3) is 0 Å². The van der Waals surface area contributed by atoms with Gasteiger partial charge in [0.05, 0.1) is 18.3 Å². The smallest absolute Gasteiger partial charge is 0.375 e. The molecule has 0 bridgehead atoms. The Labute approximate surface area is 149 Å². The van der Waals surface area contributed by atoms with Crippen LogP contribution in [0.4, 0.5) is 13.2 Å². The number of ether oxygens (including phenoxy) is 2. The number of halogens is 3. The van der Waals surface area contributed by atoms with Crippen molar-refractivity contribution < 1.29 is 22.6 Å². The highest BCUT2D eigenvalue weighted by Gasteiger charge is 2.39. The third-order valence-corrected chi connectivity index (χ3v) is 6.78. The summed E-state index contributed by atoms with van der Waals surface area (Å²) in [6.07, 6.45) is 8.57. The predicted molar refractivity (Wildman–Crippen MR) is 91.1 cm³/mol. The lowest BCUT2D eigenvalue weighted by molar-refractivity contribution is -0.346. The minimum absolute atomic E-state index is 0.466. The summed E-state index contributed by atoms with van der Waals surface area (Å²) < 4.78 is 47.4. The van der Waals surface area contributed by atoms with Gasteiger partial charge < -0.3 is 4.74 Å². The van der Waals surface area contributed by atoms with Crippen LogP contribution in [0.25, 0.3) is 0 Å². The van der Waals surface area contributed by atoms with Crippen molar-refractivity contribution in [2.24, 2.45) is 17.8 Å². The van der Waals surface area contributed by atoms with Gasteiger partial charge in [-0.05, 0) is 88.4 Å². The lowest BCUT2D eigenvalue weighted by atomic mass is 9.69. The molecule has 0 aromatic carbocycles. The molecule has 1 aliphatic heterocycles. The molecule has 2 saturated carbocycles. The van der Waals surface area contributed by atoms with E-state index in [0.29, 0.717) is 42.8 Å². The average Bonchev–Trinajstić information content (AvgIpc) is 3.03. The Morgan fingerprint density at radius 2 is 1.36 bits per heavy atom. The SMILES string of the molecule is CCCC1CCC(C2CCC(C3CCC(OC(F)(F)F)CC3)CC2)O1. The first-order valence-electron chi connectivity index (χ1n) is 10.3. The fourth-order valence-corrected chi connectivity index (χ4v) is 5.47. The Bertz CT molecular complexity index is 396. The molecular weight excluding hydrogens is 329 g/mol. The van der Waals surface area contributed by atoms with E-state index in [9.17, 15) is 13.2 Å². The standard InChI is InChI=1S/C20H33F3O2/c1-2-3-17-12-13-19(24-17)16-6-4-14(5-7-16)15-8-10-18(11-9-15)25-20(21,22)23/h14-19H,2-13H2,1H3. The van der Waals surface area contributed by atoms with Gasteiger partial charge in [0.15, 0.2) is 0 Å². The first-order valence-corrected chi connectivity index (χ1v) is 10.3. The van der Waals surface area contributed by atoms with Crippen LogP contribution in [-0.2, 0) is 9.47 Å². The van der Waals surface area contributed by atoms with Crippen molar-refractivity contribution in [1.29, 1.82) is 0 Å². The second kappa shape index (κ2) is 8.60. The third kappa shape index (κ3) is 5.59. The quantitative estimate of drug-likeness (QED) is 0.577. The van der Waals surface area contributed by atoms with Crippen molar-refractivity contribution in [3.05, 3.63) is 0 Å². The molecule has 1 heterocycles. The van der Waals surface area contributed by atoms with Gasteiger partial charge in [-0.1, -0.05) is 13.3 Å². The molecule has 5 heteroatoms. The van der Waals surface area contributed by atoms with Gasteiger partial charge in [-0.3, -0.25) is 4.74 Å². The van der Waals surface area contributed by atoms with Crippen molar-refractivity contribution in [2.45, 2.75) is 109 Å². The molecule has 3 aliphatic rings. The molecule has 0 amide bonds. The summed E-state index contributed by atoms with van der Waals surface area (Å²) in [5.41, 5.74) is 0. The summed E-state index contributed by atoms with van der Waals surface area (Å²) in [5.74, 6) is 2.02. The van der Waals surface area contributed by atoms with Crippen LogP contribution in [-0.4, -0.2) is 24.7 Å². The van der Waals surface area contributed by atoms with E-state index in [-0.39, 0.29) is 0 Å². The highest BCUT2D eigenvalue weighted by atomic mass is 19.4. The molecule has 2 aliphatic carbocycles. The van der Waals surface area contributed by atoms with E-state index >= 15 is 0 Å². The maximum Gasteiger partial charge on any atom is 0.522 e. The number of alkyl halides is 3. The Morgan fingerprint density at radius 1 is 0.800 bits per heavy atom. The zero-order chi connectivity index (χ0) is 17.9. The van der Waals surface area contributed by atoms with Gasteiger partial charge in [0.2, 0.25) is 0 Å². The predicted octanol–water partition coefficient (Wildman–Crippen LogP) is 6.24. The molecule has 2 nitrogen and oxygen atoms in total. The largest absolute Gasteiger partial charge is 0.522 e. The van der Waals surface area contributed by atoms with Crippen LogP contribution in [0.5, 0.6) is 0 Å². The zero-order valence-electron chi connectivity index (χ0n) is 15.4. The number of hydrogen-bond acceptors (Lipinski definition) is 2. The van der Waals surface area contributed by atoms with E-state index in [1.807, 2.05) is 0 Å². The topological polar surface area (TPSA) is 18.5 Å². The van der Waals surface area contributed by atoms with Gasteiger partial charge in [-0.15, -0.1) is 13.2 Å².